The van der Waals surface area contributed by atoms with Crippen molar-refractivity contribution in [1.82, 2.24) is 0 Å². The highest BCUT2D eigenvalue weighted by Gasteiger charge is 2.28. The topological polar surface area (TPSA) is 59.0 Å². The van der Waals surface area contributed by atoms with Crippen molar-refractivity contribution in [2.45, 2.75) is 12.5 Å². The van der Waals surface area contributed by atoms with Crippen LogP contribution in [-0.2, 0) is 5.54 Å². The average Bonchev–Trinajstić information content (AvgIpc) is 2.47. The normalized spacial score (nSPS) is 13.3. The van der Waals surface area contributed by atoms with E-state index in [2.05, 4.69) is 6.07 Å². The van der Waals surface area contributed by atoms with Crippen LogP contribution in [-0.4, -0.2) is 6.61 Å². The lowest BCUT2D eigenvalue weighted by Crippen LogP contribution is -2.41. The van der Waals surface area contributed by atoms with Crippen LogP contribution in [0, 0.1) is 24.1 Å². The molecule has 0 saturated heterocycles. The van der Waals surface area contributed by atoms with Crippen LogP contribution < -0.4 is 10.5 Å². The number of nitrogens with two attached hydrogens (primary N) is 1. The van der Waals surface area contributed by atoms with E-state index >= 15 is 0 Å². The molecule has 0 heterocycles. The predicted molar refractivity (Wildman–Crippen MR) is 74.6 cm³/mol. The van der Waals surface area contributed by atoms with Crippen LogP contribution in [0.5, 0.6) is 5.75 Å². The van der Waals surface area contributed by atoms with Gasteiger partial charge in [-0.1, -0.05) is 30.3 Å². The highest BCUT2D eigenvalue weighted by Crippen LogP contribution is 2.23. The van der Waals surface area contributed by atoms with Crippen molar-refractivity contribution in [3.8, 4) is 11.8 Å². The summed E-state index contributed by atoms with van der Waals surface area (Å²) in [6, 6.07) is 15.4. The lowest BCUT2D eigenvalue weighted by Gasteiger charge is -2.22. The molecule has 20 heavy (non-hydrogen) atoms. The molecule has 2 aromatic carbocycles. The van der Waals surface area contributed by atoms with E-state index in [0.717, 1.165) is 0 Å². The molecule has 0 fully saturated rings. The first kappa shape index (κ1) is 14.0. The third-order valence-corrected chi connectivity index (χ3v) is 3.08. The molecular weight excluding hydrogens is 255 g/mol. The standard InChI is InChI=1S/C16H15FN2O/c1-12-9-14(17)7-8-15(12)20-11-16(19,10-18)13-5-3-2-4-6-13/h2-9H,11,19H2,1H3. The molecule has 0 aliphatic heterocycles. The minimum Gasteiger partial charge on any atom is -0.490 e. The quantitative estimate of drug-likeness (QED) is 0.929. The number of hydrogen-bond donors (Lipinski definition) is 1. The largest absolute Gasteiger partial charge is 0.490 e. The molecule has 0 aliphatic carbocycles. The Morgan fingerprint density at radius 2 is 1.95 bits per heavy atom. The van der Waals surface area contributed by atoms with Crippen LogP contribution >= 0.6 is 0 Å². The first-order valence-electron chi connectivity index (χ1n) is 6.20. The van der Waals surface area contributed by atoms with Crippen LogP contribution in [0.3, 0.4) is 0 Å². The fourth-order valence-electron chi connectivity index (χ4n) is 1.88. The second-order valence-electron chi connectivity index (χ2n) is 4.65. The number of nitrogens with zero attached hydrogens (tertiary/aromatic N) is 1. The molecule has 2 aromatic rings. The van der Waals surface area contributed by atoms with Gasteiger partial charge in [-0.2, -0.15) is 5.26 Å². The molecule has 1 unspecified atom stereocenters. The Kier molecular flexibility index (Phi) is 4.02. The fraction of sp³-hybridized carbons (Fsp3) is 0.188. The summed E-state index contributed by atoms with van der Waals surface area (Å²) in [5, 5.41) is 9.32. The van der Waals surface area contributed by atoms with Gasteiger partial charge in [0.2, 0.25) is 0 Å². The highest BCUT2D eigenvalue weighted by atomic mass is 19.1. The zero-order valence-electron chi connectivity index (χ0n) is 11.1. The number of halogens is 1. The summed E-state index contributed by atoms with van der Waals surface area (Å²) in [5.74, 6) is 0.199. The summed E-state index contributed by atoms with van der Waals surface area (Å²) in [7, 11) is 0. The first-order valence-corrected chi connectivity index (χ1v) is 6.20. The minimum atomic E-state index is -1.23. The van der Waals surface area contributed by atoms with Crippen molar-refractivity contribution >= 4 is 0 Å². The van der Waals surface area contributed by atoms with Gasteiger partial charge < -0.3 is 10.5 Å². The van der Waals surface area contributed by atoms with Crippen molar-refractivity contribution in [1.29, 1.82) is 5.26 Å². The van der Waals surface area contributed by atoms with Gasteiger partial charge in [0, 0.05) is 0 Å². The predicted octanol–water partition coefficient (Wildman–Crippen LogP) is 2.89. The zero-order valence-corrected chi connectivity index (χ0v) is 11.1. The lowest BCUT2D eigenvalue weighted by atomic mass is 9.93. The lowest BCUT2D eigenvalue weighted by molar-refractivity contribution is 0.253. The van der Waals surface area contributed by atoms with Gasteiger partial charge in [0.15, 0.2) is 5.54 Å². The van der Waals surface area contributed by atoms with Crippen LogP contribution in [0.2, 0.25) is 0 Å². The first-order chi connectivity index (χ1) is 9.55. The van der Waals surface area contributed by atoms with Crippen LogP contribution in [0.25, 0.3) is 0 Å². The van der Waals surface area contributed by atoms with Gasteiger partial charge in [-0.05, 0) is 36.2 Å². The zero-order chi connectivity index (χ0) is 14.6. The SMILES string of the molecule is Cc1cc(F)ccc1OCC(N)(C#N)c1ccccc1. The van der Waals surface area contributed by atoms with Crippen molar-refractivity contribution in [2.24, 2.45) is 5.73 Å². The molecule has 0 saturated carbocycles. The van der Waals surface area contributed by atoms with E-state index in [0.29, 0.717) is 16.9 Å². The minimum absolute atomic E-state index is 0.0000142. The summed E-state index contributed by atoms with van der Waals surface area (Å²) in [4.78, 5) is 0. The molecular formula is C16H15FN2O. The Hall–Kier alpha value is -2.38. The summed E-state index contributed by atoms with van der Waals surface area (Å²) in [6.07, 6.45) is 0. The second-order valence-corrected chi connectivity index (χ2v) is 4.65. The molecule has 0 spiro atoms. The molecule has 1 atom stereocenters. The highest BCUT2D eigenvalue weighted by molar-refractivity contribution is 5.35. The monoisotopic (exact) mass is 270 g/mol. The molecule has 0 aliphatic rings. The van der Waals surface area contributed by atoms with Crippen LogP contribution in [0.15, 0.2) is 48.5 Å². The van der Waals surface area contributed by atoms with E-state index in [1.165, 1.54) is 18.2 Å². The summed E-state index contributed by atoms with van der Waals surface area (Å²) in [6.45, 7) is 1.74. The van der Waals surface area contributed by atoms with E-state index in [4.69, 9.17) is 10.5 Å². The van der Waals surface area contributed by atoms with Gasteiger partial charge in [-0.3, -0.25) is 0 Å². The van der Waals surface area contributed by atoms with Gasteiger partial charge in [0.05, 0.1) is 6.07 Å². The second kappa shape index (κ2) is 5.72. The molecule has 0 aromatic heterocycles. The molecule has 2 N–H and O–H groups in total. The van der Waals surface area contributed by atoms with Gasteiger partial charge in [-0.15, -0.1) is 0 Å². The van der Waals surface area contributed by atoms with Crippen molar-refractivity contribution < 1.29 is 9.13 Å². The third kappa shape index (κ3) is 2.95. The van der Waals surface area contributed by atoms with Crippen LogP contribution in [0.1, 0.15) is 11.1 Å². The molecule has 102 valence electrons. The maximum atomic E-state index is 13.0. The Balaban J connectivity index is 2.18. The van der Waals surface area contributed by atoms with Crippen molar-refractivity contribution in [3.63, 3.8) is 0 Å². The number of hydrogen-bond acceptors (Lipinski definition) is 3. The van der Waals surface area contributed by atoms with Gasteiger partial charge in [0.1, 0.15) is 18.2 Å². The fourth-order valence-corrected chi connectivity index (χ4v) is 1.88. The summed E-state index contributed by atoms with van der Waals surface area (Å²) in [5.41, 5.74) is 6.20. The number of aryl methyl sites for hydroxylation is 1. The van der Waals surface area contributed by atoms with Gasteiger partial charge >= 0.3 is 0 Å². The maximum absolute atomic E-state index is 13.0. The smallest absolute Gasteiger partial charge is 0.164 e. The molecule has 0 radical (unpaired) electrons. The Bertz CT molecular complexity index is 637. The molecule has 4 heteroatoms. The maximum Gasteiger partial charge on any atom is 0.164 e. The average molecular weight is 270 g/mol. The molecule has 0 bridgehead atoms. The van der Waals surface area contributed by atoms with E-state index in [-0.39, 0.29) is 12.4 Å². The number of ether oxygens (including phenoxy) is 1. The van der Waals surface area contributed by atoms with Gasteiger partial charge in [-0.25, -0.2) is 4.39 Å². The molecule has 2 rings (SSSR count). The van der Waals surface area contributed by atoms with Crippen LogP contribution in [0.4, 0.5) is 4.39 Å². The van der Waals surface area contributed by atoms with E-state index in [1.807, 2.05) is 18.2 Å². The third-order valence-electron chi connectivity index (χ3n) is 3.08. The number of rotatable bonds is 4. The van der Waals surface area contributed by atoms with E-state index in [9.17, 15) is 9.65 Å². The Morgan fingerprint density at radius 1 is 1.25 bits per heavy atom. The van der Waals surface area contributed by atoms with Gasteiger partial charge in [0.25, 0.3) is 0 Å². The number of nitriles is 1. The Labute approximate surface area is 117 Å². The van der Waals surface area contributed by atoms with Crippen molar-refractivity contribution in [3.05, 3.63) is 65.5 Å². The summed E-state index contributed by atoms with van der Waals surface area (Å²) >= 11 is 0. The Morgan fingerprint density at radius 3 is 2.55 bits per heavy atom. The molecule has 0 amide bonds. The van der Waals surface area contributed by atoms with E-state index < -0.39 is 5.54 Å². The number of benzene rings is 2. The summed E-state index contributed by atoms with van der Waals surface area (Å²) < 4.78 is 18.6. The van der Waals surface area contributed by atoms with Crippen molar-refractivity contribution in [2.75, 3.05) is 6.61 Å². The van der Waals surface area contributed by atoms with E-state index in [1.54, 1.807) is 19.1 Å². The molecule has 3 nitrogen and oxygen atoms in total.